The molecule has 0 fully saturated rings. The maximum absolute atomic E-state index is 10.8. The van der Waals surface area contributed by atoms with Gasteiger partial charge in [0.05, 0.1) is 16.6 Å². The first-order valence-corrected chi connectivity index (χ1v) is 4.67. The summed E-state index contributed by atoms with van der Waals surface area (Å²) >= 11 is 0. The maximum atomic E-state index is 10.8. The van der Waals surface area contributed by atoms with Crippen LogP contribution in [0.15, 0.2) is 18.2 Å². The molecule has 0 aromatic heterocycles. The summed E-state index contributed by atoms with van der Waals surface area (Å²) in [7, 11) is 0. The topological polar surface area (TPSA) is 87.6 Å². The van der Waals surface area contributed by atoms with Crippen LogP contribution in [0.5, 0.6) is 11.5 Å². The minimum absolute atomic E-state index is 0.0195. The predicted octanol–water partition coefficient (Wildman–Crippen LogP) is 1.30. The minimum atomic E-state index is -0.460. The minimum Gasteiger partial charge on any atom is -0.454 e. The van der Waals surface area contributed by atoms with Crippen LogP contribution in [0.3, 0.4) is 0 Å². The molecule has 0 unspecified atom stereocenters. The Morgan fingerprint density at radius 1 is 1.44 bits per heavy atom. The highest BCUT2D eigenvalue weighted by Crippen LogP contribution is 2.38. The summed E-state index contributed by atoms with van der Waals surface area (Å²) in [5.74, 6) is 0.916. The zero-order valence-electron chi connectivity index (χ0n) is 8.38. The van der Waals surface area contributed by atoms with E-state index >= 15 is 0 Å². The van der Waals surface area contributed by atoms with E-state index in [1.807, 2.05) is 0 Å². The number of hydrogen-bond donors (Lipinski definition) is 1. The van der Waals surface area contributed by atoms with Crippen LogP contribution >= 0.6 is 0 Å². The van der Waals surface area contributed by atoms with Crippen LogP contribution in [-0.4, -0.2) is 18.3 Å². The van der Waals surface area contributed by atoms with Crippen molar-refractivity contribution in [2.45, 2.75) is 0 Å². The number of hydrogen-bond acceptors (Lipinski definition) is 5. The molecule has 1 aliphatic heterocycles. The van der Waals surface area contributed by atoms with Gasteiger partial charge in [0.1, 0.15) is 0 Å². The SMILES string of the molecule is NCC=Cc1cc2c(cc1[N+](=O)[O-])OCO2. The van der Waals surface area contributed by atoms with E-state index < -0.39 is 4.92 Å². The van der Waals surface area contributed by atoms with Gasteiger partial charge in [-0.25, -0.2) is 0 Å². The summed E-state index contributed by atoms with van der Waals surface area (Å²) in [6.45, 7) is 0.419. The fourth-order valence-corrected chi connectivity index (χ4v) is 1.43. The molecule has 1 heterocycles. The Balaban J connectivity index is 2.48. The van der Waals surface area contributed by atoms with E-state index in [1.54, 1.807) is 18.2 Å². The molecule has 0 saturated carbocycles. The number of rotatable bonds is 3. The molecule has 0 bridgehead atoms. The van der Waals surface area contributed by atoms with Gasteiger partial charge in [0.25, 0.3) is 5.69 Å². The standard InChI is InChI=1S/C10H10N2O4/c11-3-1-2-7-4-9-10(16-6-15-9)5-8(7)12(13)14/h1-2,4-5H,3,6,11H2. The van der Waals surface area contributed by atoms with Crippen molar-refractivity contribution in [1.82, 2.24) is 0 Å². The average molecular weight is 222 g/mol. The third-order valence-electron chi connectivity index (χ3n) is 2.15. The quantitative estimate of drug-likeness (QED) is 0.615. The molecular weight excluding hydrogens is 212 g/mol. The molecule has 0 radical (unpaired) electrons. The van der Waals surface area contributed by atoms with Crippen molar-refractivity contribution >= 4 is 11.8 Å². The van der Waals surface area contributed by atoms with Gasteiger partial charge in [-0.3, -0.25) is 10.1 Å². The molecule has 84 valence electrons. The Morgan fingerprint density at radius 2 is 2.12 bits per heavy atom. The predicted molar refractivity (Wildman–Crippen MR) is 57.3 cm³/mol. The first-order valence-electron chi connectivity index (χ1n) is 4.67. The highest BCUT2D eigenvalue weighted by molar-refractivity contribution is 5.67. The molecule has 0 spiro atoms. The van der Waals surface area contributed by atoms with Crippen molar-refractivity contribution in [3.63, 3.8) is 0 Å². The van der Waals surface area contributed by atoms with Gasteiger partial charge in [0.2, 0.25) is 6.79 Å². The van der Waals surface area contributed by atoms with Crippen molar-refractivity contribution in [2.24, 2.45) is 5.73 Å². The zero-order chi connectivity index (χ0) is 11.5. The maximum Gasteiger partial charge on any atom is 0.280 e. The van der Waals surface area contributed by atoms with Crippen LogP contribution in [0.4, 0.5) is 5.69 Å². The first-order chi connectivity index (χ1) is 7.72. The fourth-order valence-electron chi connectivity index (χ4n) is 1.43. The monoisotopic (exact) mass is 222 g/mol. The summed E-state index contributed by atoms with van der Waals surface area (Å²) in [6.07, 6.45) is 3.24. The van der Waals surface area contributed by atoms with Crippen LogP contribution in [0, 0.1) is 10.1 Å². The lowest BCUT2D eigenvalue weighted by molar-refractivity contribution is -0.385. The van der Waals surface area contributed by atoms with Gasteiger partial charge in [0, 0.05) is 6.54 Å². The van der Waals surface area contributed by atoms with Gasteiger partial charge >= 0.3 is 0 Å². The van der Waals surface area contributed by atoms with Crippen molar-refractivity contribution in [1.29, 1.82) is 0 Å². The molecule has 1 aromatic carbocycles. The molecule has 0 atom stereocenters. The van der Waals surface area contributed by atoms with Crippen molar-refractivity contribution < 1.29 is 14.4 Å². The first kappa shape index (κ1) is 10.4. The molecular formula is C10H10N2O4. The lowest BCUT2D eigenvalue weighted by atomic mass is 10.1. The van der Waals surface area contributed by atoms with E-state index in [-0.39, 0.29) is 12.5 Å². The Kier molecular flexibility index (Phi) is 2.74. The van der Waals surface area contributed by atoms with E-state index in [1.165, 1.54) is 6.07 Å². The summed E-state index contributed by atoms with van der Waals surface area (Å²) in [5, 5.41) is 10.8. The third-order valence-corrected chi connectivity index (χ3v) is 2.15. The van der Waals surface area contributed by atoms with Crippen LogP contribution in [0.2, 0.25) is 0 Å². The van der Waals surface area contributed by atoms with E-state index in [0.717, 1.165) is 0 Å². The van der Waals surface area contributed by atoms with Gasteiger partial charge in [-0.1, -0.05) is 12.2 Å². The fraction of sp³-hybridized carbons (Fsp3) is 0.200. The number of benzene rings is 1. The largest absolute Gasteiger partial charge is 0.454 e. The molecule has 2 N–H and O–H groups in total. The van der Waals surface area contributed by atoms with Crippen molar-refractivity contribution in [3.05, 3.63) is 33.9 Å². The van der Waals surface area contributed by atoms with Crippen LogP contribution in [0.1, 0.15) is 5.56 Å². The molecule has 0 amide bonds. The second-order valence-electron chi connectivity index (χ2n) is 3.16. The highest BCUT2D eigenvalue weighted by Gasteiger charge is 2.21. The third kappa shape index (κ3) is 1.82. The highest BCUT2D eigenvalue weighted by atomic mass is 16.7. The lowest BCUT2D eigenvalue weighted by Gasteiger charge is -2.00. The molecule has 6 nitrogen and oxygen atoms in total. The zero-order valence-corrected chi connectivity index (χ0v) is 8.38. The normalized spacial score (nSPS) is 13.3. The molecule has 16 heavy (non-hydrogen) atoms. The van der Waals surface area contributed by atoms with Gasteiger partial charge in [-0.15, -0.1) is 0 Å². The number of ether oxygens (including phenoxy) is 2. The summed E-state index contributed by atoms with van der Waals surface area (Å²) in [4.78, 5) is 10.4. The Hall–Kier alpha value is -2.08. The van der Waals surface area contributed by atoms with E-state index in [4.69, 9.17) is 15.2 Å². The van der Waals surface area contributed by atoms with E-state index in [2.05, 4.69) is 0 Å². The van der Waals surface area contributed by atoms with Gasteiger partial charge < -0.3 is 15.2 Å². The Labute approximate surface area is 91.4 Å². The second-order valence-corrected chi connectivity index (χ2v) is 3.16. The van der Waals surface area contributed by atoms with Crippen LogP contribution in [-0.2, 0) is 0 Å². The van der Waals surface area contributed by atoms with Gasteiger partial charge in [0.15, 0.2) is 11.5 Å². The van der Waals surface area contributed by atoms with E-state index in [0.29, 0.717) is 23.6 Å². The lowest BCUT2D eigenvalue weighted by Crippen LogP contribution is -1.94. The molecule has 1 aromatic rings. The average Bonchev–Trinajstić information content (AvgIpc) is 2.71. The number of nitro benzene ring substituents is 1. The number of nitrogens with two attached hydrogens (primary N) is 1. The smallest absolute Gasteiger partial charge is 0.280 e. The molecule has 0 saturated heterocycles. The van der Waals surface area contributed by atoms with E-state index in [9.17, 15) is 10.1 Å². The number of fused-ring (bicyclic) bond motifs is 1. The molecule has 1 aliphatic rings. The van der Waals surface area contributed by atoms with Crippen LogP contribution in [0.25, 0.3) is 6.08 Å². The molecule has 2 rings (SSSR count). The van der Waals surface area contributed by atoms with Crippen LogP contribution < -0.4 is 15.2 Å². The summed E-state index contributed by atoms with van der Waals surface area (Å²) < 4.78 is 10.2. The molecule has 0 aliphatic carbocycles. The summed E-state index contributed by atoms with van der Waals surface area (Å²) in [5.41, 5.74) is 5.74. The van der Waals surface area contributed by atoms with Crippen molar-refractivity contribution in [3.8, 4) is 11.5 Å². The Morgan fingerprint density at radius 3 is 2.75 bits per heavy atom. The van der Waals surface area contributed by atoms with Gasteiger partial charge in [-0.2, -0.15) is 0 Å². The summed E-state index contributed by atoms with van der Waals surface area (Å²) in [6, 6.07) is 2.94. The number of nitrogens with zero attached hydrogens (tertiary/aromatic N) is 1. The Bertz CT molecular complexity index is 456. The van der Waals surface area contributed by atoms with Gasteiger partial charge in [-0.05, 0) is 6.07 Å². The number of nitro groups is 1. The molecule has 6 heteroatoms. The van der Waals surface area contributed by atoms with Crippen molar-refractivity contribution in [2.75, 3.05) is 13.3 Å². The second kappa shape index (κ2) is 4.19.